The number of rotatable bonds is 2. The standard InChI is InChI=1S/C18H15F2N3O2/c19-14-5-4-10(6-15(14)20)17-7-11(24)9-23(17)18(25)12-2-1-3-16-13(12)8-21-22-16/h1-6,8,11,17,24H,7,9H2,(H,21,22)/t11-,17-/m0/s1. The summed E-state index contributed by atoms with van der Waals surface area (Å²) in [5, 5.41) is 17.5. The van der Waals surface area contributed by atoms with Crippen LogP contribution in [-0.2, 0) is 0 Å². The van der Waals surface area contributed by atoms with E-state index in [1.807, 2.05) is 6.07 Å². The van der Waals surface area contributed by atoms with Crippen molar-refractivity contribution in [3.63, 3.8) is 0 Å². The number of hydrogen-bond donors (Lipinski definition) is 2. The molecule has 0 unspecified atom stereocenters. The van der Waals surface area contributed by atoms with Crippen molar-refractivity contribution in [2.45, 2.75) is 18.6 Å². The van der Waals surface area contributed by atoms with Crippen LogP contribution in [0.2, 0.25) is 0 Å². The van der Waals surface area contributed by atoms with Crippen LogP contribution < -0.4 is 0 Å². The van der Waals surface area contributed by atoms with Gasteiger partial charge in [-0.25, -0.2) is 8.78 Å². The van der Waals surface area contributed by atoms with Crippen LogP contribution in [0.5, 0.6) is 0 Å². The number of aromatic nitrogens is 2. The highest BCUT2D eigenvalue weighted by molar-refractivity contribution is 6.06. The van der Waals surface area contributed by atoms with Gasteiger partial charge in [0.1, 0.15) is 0 Å². The van der Waals surface area contributed by atoms with Crippen LogP contribution in [0.3, 0.4) is 0 Å². The molecule has 128 valence electrons. The molecule has 2 heterocycles. The minimum atomic E-state index is -0.969. The number of aromatic amines is 1. The number of aliphatic hydroxyl groups excluding tert-OH is 1. The zero-order valence-corrected chi connectivity index (χ0v) is 13.1. The topological polar surface area (TPSA) is 69.2 Å². The molecular weight excluding hydrogens is 328 g/mol. The molecule has 0 spiro atoms. The average Bonchev–Trinajstić information content (AvgIpc) is 3.22. The molecule has 1 aromatic heterocycles. The normalized spacial score (nSPS) is 20.4. The molecule has 2 aromatic carbocycles. The number of benzene rings is 2. The average molecular weight is 343 g/mol. The molecule has 4 rings (SSSR count). The number of carbonyl (C=O) groups is 1. The fraction of sp³-hybridized carbons (Fsp3) is 0.222. The van der Waals surface area contributed by atoms with Gasteiger partial charge in [-0.05, 0) is 36.2 Å². The van der Waals surface area contributed by atoms with Crippen LogP contribution in [0.15, 0.2) is 42.6 Å². The first kappa shape index (κ1) is 15.7. The van der Waals surface area contributed by atoms with Gasteiger partial charge < -0.3 is 10.0 Å². The minimum Gasteiger partial charge on any atom is -0.391 e. The number of amides is 1. The number of H-pyrrole nitrogens is 1. The molecule has 0 bridgehead atoms. The van der Waals surface area contributed by atoms with E-state index in [4.69, 9.17) is 0 Å². The van der Waals surface area contributed by atoms with E-state index in [-0.39, 0.29) is 18.9 Å². The maximum absolute atomic E-state index is 13.6. The first-order valence-electron chi connectivity index (χ1n) is 7.90. The van der Waals surface area contributed by atoms with Gasteiger partial charge in [0.15, 0.2) is 11.6 Å². The van der Waals surface area contributed by atoms with Gasteiger partial charge in [-0.15, -0.1) is 0 Å². The molecule has 2 atom stereocenters. The van der Waals surface area contributed by atoms with Crippen molar-refractivity contribution in [3.05, 3.63) is 65.4 Å². The van der Waals surface area contributed by atoms with Gasteiger partial charge in [-0.2, -0.15) is 5.10 Å². The van der Waals surface area contributed by atoms with Crippen molar-refractivity contribution in [2.75, 3.05) is 6.54 Å². The van der Waals surface area contributed by atoms with Crippen LogP contribution in [-0.4, -0.2) is 38.8 Å². The highest BCUT2D eigenvalue weighted by Crippen LogP contribution is 2.34. The van der Waals surface area contributed by atoms with Crippen molar-refractivity contribution in [1.29, 1.82) is 0 Å². The van der Waals surface area contributed by atoms with Crippen molar-refractivity contribution in [2.24, 2.45) is 0 Å². The monoisotopic (exact) mass is 343 g/mol. The molecule has 1 amide bonds. The Bertz CT molecular complexity index is 956. The van der Waals surface area contributed by atoms with Gasteiger partial charge >= 0.3 is 0 Å². The first-order valence-corrected chi connectivity index (χ1v) is 7.90. The lowest BCUT2D eigenvalue weighted by Crippen LogP contribution is -2.32. The van der Waals surface area contributed by atoms with E-state index in [0.29, 0.717) is 16.5 Å². The summed E-state index contributed by atoms with van der Waals surface area (Å²) in [5.74, 6) is -2.19. The molecule has 25 heavy (non-hydrogen) atoms. The number of carbonyl (C=O) groups excluding carboxylic acids is 1. The van der Waals surface area contributed by atoms with Crippen LogP contribution in [0.4, 0.5) is 8.78 Å². The zero-order valence-electron chi connectivity index (χ0n) is 13.1. The van der Waals surface area contributed by atoms with Gasteiger partial charge in [-0.3, -0.25) is 9.89 Å². The van der Waals surface area contributed by atoms with Crippen LogP contribution in [0, 0.1) is 11.6 Å². The lowest BCUT2D eigenvalue weighted by molar-refractivity contribution is 0.0717. The van der Waals surface area contributed by atoms with Crippen molar-refractivity contribution >= 4 is 16.8 Å². The van der Waals surface area contributed by atoms with E-state index in [1.54, 1.807) is 18.3 Å². The lowest BCUT2D eigenvalue weighted by Gasteiger charge is -2.25. The summed E-state index contributed by atoms with van der Waals surface area (Å²) < 4.78 is 26.8. The number of hydrogen-bond acceptors (Lipinski definition) is 3. The van der Waals surface area contributed by atoms with E-state index >= 15 is 0 Å². The van der Waals surface area contributed by atoms with Gasteiger partial charge in [0.2, 0.25) is 0 Å². The Hall–Kier alpha value is -2.80. The number of nitrogens with one attached hydrogen (secondary N) is 1. The Morgan fingerprint density at radius 1 is 1.24 bits per heavy atom. The zero-order chi connectivity index (χ0) is 17.6. The summed E-state index contributed by atoms with van der Waals surface area (Å²) in [5.41, 5.74) is 1.64. The second kappa shape index (κ2) is 5.93. The summed E-state index contributed by atoms with van der Waals surface area (Å²) in [6, 6.07) is 8.29. The van der Waals surface area contributed by atoms with Crippen molar-refractivity contribution in [3.8, 4) is 0 Å². The number of aliphatic hydroxyl groups is 1. The molecule has 2 N–H and O–H groups in total. The molecule has 1 fully saturated rings. The van der Waals surface area contributed by atoms with Crippen LogP contribution in [0.1, 0.15) is 28.4 Å². The smallest absolute Gasteiger partial charge is 0.255 e. The molecule has 0 aliphatic carbocycles. The van der Waals surface area contributed by atoms with E-state index < -0.39 is 23.8 Å². The predicted molar refractivity (Wildman–Crippen MR) is 86.9 cm³/mol. The second-order valence-corrected chi connectivity index (χ2v) is 6.17. The summed E-state index contributed by atoms with van der Waals surface area (Å²) in [6.07, 6.45) is 1.13. The fourth-order valence-corrected chi connectivity index (χ4v) is 3.38. The van der Waals surface area contributed by atoms with Crippen molar-refractivity contribution < 1.29 is 18.7 Å². The number of nitrogens with zero attached hydrogens (tertiary/aromatic N) is 2. The molecule has 1 aliphatic heterocycles. The molecular formula is C18H15F2N3O2. The number of likely N-dealkylation sites (tertiary alicyclic amines) is 1. The maximum Gasteiger partial charge on any atom is 0.255 e. The molecule has 5 nitrogen and oxygen atoms in total. The van der Waals surface area contributed by atoms with Crippen LogP contribution in [0.25, 0.3) is 10.9 Å². The third kappa shape index (κ3) is 2.66. The highest BCUT2D eigenvalue weighted by Gasteiger charge is 2.36. The molecule has 3 aromatic rings. The first-order chi connectivity index (χ1) is 12.0. The molecule has 0 radical (unpaired) electrons. The third-order valence-corrected chi connectivity index (χ3v) is 4.58. The minimum absolute atomic E-state index is 0.136. The predicted octanol–water partition coefficient (Wildman–Crippen LogP) is 2.79. The Morgan fingerprint density at radius 2 is 2.08 bits per heavy atom. The quantitative estimate of drug-likeness (QED) is 0.752. The van der Waals surface area contributed by atoms with Gasteiger partial charge in [0.25, 0.3) is 5.91 Å². The Kier molecular flexibility index (Phi) is 3.73. The molecule has 0 saturated carbocycles. The Balaban J connectivity index is 1.73. The van der Waals surface area contributed by atoms with E-state index in [2.05, 4.69) is 10.2 Å². The van der Waals surface area contributed by atoms with Gasteiger partial charge in [0.05, 0.1) is 29.4 Å². The third-order valence-electron chi connectivity index (χ3n) is 4.58. The highest BCUT2D eigenvalue weighted by atomic mass is 19.2. The molecule has 1 aliphatic rings. The van der Waals surface area contributed by atoms with E-state index in [0.717, 1.165) is 17.6 Å². The summed E-state index contributed by atoms with van der Waals surface area (Å²) in [7, 11) is 0. The lowest BCUT2D eigenvalue weighted by atomic mass is 10.0. The summed E-state index contributed by atoms with van der Waals surface area (Å²) >= 11 is 0. The van der Waals surface area contributed by atoms with Gasteiger partial charge in [0, 0.05) is 11.9 Å². The largest absolute Gasteiger partial charge is 0.391 e. The maximum atomic E-state index is 13.6. The Morgan fingerprint density at radius 3 is 2.88 bits per heavy atom. The molecule has 7 heteroatoms. The second-order valence-electron chi connectivity index (χ2n) is 6.17. The number of halogens is 2. The summed E-state index contributed by atoms with van der Waals surface area (Å²) in [6.45, 7) is 0.136. The number of fused-ring (bicyclic) bond motifs is 1. The molecule has 1 saturated heterocycles. The number of β-amino-alcohol motifs (C(OH)–C–C–N with tert-alkyl or cyclic N) is 1. The van der Waals surface area contributed by atoms with Crippen molar-refractivity contribution in [1.82, 2.24) is 15.1 Å². The Labute approximate surface area is 141 Å². The fourth-order valence-electron chi connectivity index (χ4n) is 3.38. The van der Waals surface area contributed by atoms with Crippen LogP contribution >= 0.6 is 0 Å². The van der Waals surface area contributed by atoms with Gasteiger partial charge in [-0.1, -0.05) is 12.1 Å². The SMILES string of the molecule is O=C(c1cccc2[nH]ncc12)N1C[C@@H](O)C[C@H]1c1ccc(F)c(F)c1. The van der Waals surface area contributed by atoms with E-state index in [9.17, 15) is 18.7 Å². The van der Waals surface area contributed by atoms with E-state index in [1.165, 1.54) is 11.0 Å². The summed E-state index contributed by atoms with van der Waals surface area (Å²) in [4.78, 5) is 14.5.